The van der Waals surface area contributed by atoms with Crippen LogP contribution in [0.2, 0.25) is 5.02 Å². The first-order valence-corrected chi connectivity index (χ1v) is 9.94. The van der Waals surface area contributed by atoms with Crippen molar-refractivity contribution in [3.05, 3.63) is 59.1 Å². The van der Waals surface area contributed by atoms with Gasteiger partial charge in [-0.05, 0) is 55.3 Å². The van der Waals surface area contributed by atoms with E-state index in [4.69, 9.17) is 21.1 Å². The second-order valence-electron chi connectivity index (χ2n) is 6.43. The summed E-state index contributed by atoms with van der Waals surface area (Å²) in [6.45, 7) is 4.36. The highest BCUT2D eigenvalue weighted by Crippen LogP contribution is 2.18. The van der Waals surface area contributed by atoms with Crippen LogP contribution in [0.15, 0.2) is 48.5 Å². The minimum Gasteiger partial charge on any atom is -0.497 e. The van der Waals surface area contributed by atoms with Gasteiger partial charge < -0.3 is 19.7 Å². The lowest BCUT2D eigenvalue weighted by Gasteiger charge is -2.30. The fourth-order valence-electron chi connectivity index (χ4n) is 2.90. The molecule has 2 aromatic carbocycles. The van der Waals surface area contributed by atoms with E-state index in [1.54, 1.807) is 36.3 Å². The molecule has 0 spiro atoms. The molecule has 1 N–H and O–H groups in total. The van der Waals surface area contributed by atoms with Gasteiger partial charge >= 0.3 is 0 Å². The number of carbonyl (C=O) groups is 2. The van der Waals surface area contributed by atoms with Crippen LogP contribution in [0.3, 0.4) is 0 Å². The van der Waals surface area contributed by atoms with Crippen LogP contribution in [-0.4, -0.2) is 43.0 Å². The average Bonchev–Trinajstić information content (AvgIpc) is 2.73. The lowest BCUT2D eigenvalue weighted by molar-refractivity contribution is -0.142. The fourth-order valence-corrected chi connectivity index (χ4v) is 3.02. The molecule has 7 heteroatoms. The first-order chi connectivity index (χ1) is 14.0. The van der Waals surface area contributed by atoms with Gasteiger partial charge in [-0.2, -0.15) is 0 Å². The van der Waals surface area contributed by atoms with Crippen molar-refractivity contribution in [3.8, 4) is 11.5 Å². The summed E-state index contributed by atoms with van der Waals surface area (Å²) in [6.07, 6.45) is 0.495. The maximum Gasteiger partial charge on any atom is 0.261 e. The lowest BCUT2D eigenvalue weighted by Crippen LogP contribution is -2.50. The van der Waals surface area contributed by atoms with E-state index in [-0.39, 0.29) is 18.4 Å². The standard InChI is InChI=1S/C22H27ClN2O4/c1-4-20(22(27)24-5-2)25(14-16-6-10-18(28-3)11-7-16)21(26)15-29-19-12-8-17(23)9-13-19/h6-13,20H,4-5,14-15H2,1-3H3,(H,24,27). The molecule has 0 bridgehead atoms. The van der Waals surface area contributed by atoms with Gasteiger partial charge in [0.15, 0.2) is 6.61 Å². The van der Waals surface area contributed by atoms with Crippen LogP contribution in [0.25, 0.3) is 0 Å². The number of hydrogen-bond acceptors (Lipinski definition) is 4. The zero-order chi connectivity index (χ0) is 21.2. The summed E-state index contributed by atoms with van der Waals surface area (Å²) in [6, 6.07) is 13.6. The van der Waals surface area contributed by atoms with Crippen molar-refractivity contribution < 1.29 is 19.1 Å². The molecule has 2 rings (SSSR count). The molecular formula is C22H27ClN2O4. The zero-order valence-electron chi connectivity index (χ0n) is 17.0. The predicted octanol–water partition coefficient (Wildman–Crippen LogP) is 3.67. The molecule has 0 aliphatic heterocycles. The summed E-state index contributed by atoms with van der Waals surface area (Å²) >= 11 is 5.88. The molecule has 29 heavy (non-hydrogen) atoms. The second kappa shape index (κ2) is 11.3. The van der Waals surface area contributed by atoms with E-state index < -0.39 is 6.04 Å². The normalized spacial score (nSPS) is 11.4. The molecule has 0 saturated heterocycles. The van der Waals surface area contributed by atoms with Gasteiger partial charge in [-0.25, -0.2) is 0 Å². The Kier molecular flexibility index (Phi) is 8.80. The van der Waals surface area contributed by atoms with Crippen LogP contribution in [0.4, 0.5) is 0 Å². The Hall–Kier alpha value is -2.73. The second-order valence-corrected chi connectivity index (χ2v) is 6.87. The number of nitrogens with one attached hydrogen (secondary N) is 1. The van der Waals surface area contributed by atoms with Crippen molar-refractivity contribution >= 4 is 23.4 Å². The quantitative estimate of drug-likeness (QED) is 0.639. The fraction of sp³-hybridized carbons (Fsp3) is 0.364. The van der Waals surface area contributed by atoms with Gasteiger partial charge in [0.05, 0.1) is 7.11 Å². The minimum absolute atomic E-state index is 0.173. The predicted molar refractivity (Wildman–Crippen MR) is 113 cm³/mol. The lowest BCUT2D eigenvalue weighted by atomic mass is 10.1. The van der Waals surface area contributed by atoms with Crippen molar-refractivity contribution in [1.82, 2.24) is 10.2 Å². The Morgan fingerprint density at radius 3 is 2.21 bits per heavy atom. The third kappa shape index (κ3) is 6.68. The van der Waals surface area contributed by atoms with E-state index in [1.807, 2.05) is 38.1 Å². The molecule has 2 aromatic rings. The number of ether oxygens (including phenoxy) is 2. The van der Waals surface area contributed by atoms with Gasteiger partial charge in [0.25, 0.3) is 5.91 Å². The topological polar surface area (TPSA) is 67.9 Å². The zero-order valence-corrected chi connectivity index (χ0v) is 17.7. The molecule has 0 aliphatic carbocycles. The molecule has 1 unspecified atom stereocenters. The monoisotopic (exact) mass is 418 g/mol. The summed E-state index contributed by atoms with van der Waals surface area (Å²) < 4.78 is 10.8. The Labute approximate surface area is 176 Å². The van der Waals surface area contributed by atoms with Crippen molar-refractivity contribution in [3.63, 3.8) is 0 Å². The maximum atomic E-state index is 13.0. The number of benzene rings is 2. The van der Waals surface area contributed by atoms with E-state index in [0.717, 1.165) is 11.3 Å². The molecule has 0 heterocycles. The van der Waals surface area contributed by atoms with E-state index in [0.29, 0.717) is 30.3 Å². The third-order valence-corrected chi connectivity index (χ3v) is 4.68. The highest BCUT2D eigenvalue weighted by atomic mass is 35.5. The molecule has 2 amide bonds. The molecule has 156 valence electrons. The van der Waals surface area contributed by atoms with E-state index in [2.05, 4.69) is 5.32 Å². The average molecular weight is 419 g/mol. The van der Waals surface area contributed by atoms with Crippen LogP contribution in [0, 0.1) is 0 Å². The van der Waals surface area contributed by atoms with Gasteiger partial charge in [0.1, 0.15) is 17.5 Å². The van der Waals surface area contributed by atoms with Crippen molar-refractivity contribution in [2.45, 2.75) is 32.9 Å². The van der Waals surface area contributed by atoms with Gasteiger partial charge in [-0.3, -0.25) is 9.59 Å². The Balaban J connectivity index is 2.17. The Morgan fingerprint density at radius 2 is 1.66 bits per heavy atom. The van der Waals surface area contributed by atoms with Crippen LogP contribution in [0.1, 0.15) is 25.8 Å². The molecule has 6 nitrogen and oxygen atoms in total. The van der Waals surface area contributed by atoms with E-state index in [1.165, 1.54) is 0 Å². The third-order valence-electron chi connectivity index (χ3n) is 4.42. The van der Waals surface area contributed by atoms with Crippen molar-refractivity contribution in [1.29, 1.82) is 0 Å². The van der Waals surface area contributed by atoms with Crippen LogP contribution in [-0.2, 0) is 16.1 Å². The number of carbonyl (C=O) groups excluding carboxylic acids is 2. The largest absolute Gasteiger partial charge is 0.497 e. The number of amides is 2. The number of halogens is 1. The highest BCUT2D eigenvalue weighted by molar-refractivity contribution is 6.30. The summed E-state index contributed by atoms with van der Waals surface area (Å²) in [4.78, 5) is 27.1. The molecule has 0 aromatic heterocycles. The van der Waals surface area contributed by atoms with E-state index in [9.17, 15) is 9.59 Å². The summed E-state index contributed by atoms with van der Waals surface area (Å²) in [7, 11) is 1.60. The summed E-state index contributed by atoms with van der Waals surface area (Å²) in [5.41, 5.74) is 0.897. The molecule has 0 radical (unpaired) electrons. The highest BCUT2D eigenvalue weighted by Gasteiger charge is 2.28. The smallest absolute Gasteiger partial charge is 0.261 e. The molecule has 0 fully saturated rings. The Bertz CT molecular complexity index is 793. The molecule has 0 aliphatic rings. The van der Waals surface area contributed by atoms with Crippen LogP contribution >= 0.6 is 11.6 Å². The molecule has 1 atom stereocenters. The summed E-state index contributed by atoms with van der Waals surface area (Å²) in [5, 5.41) is 3.40. The van der Waals surface area contributed by atoms with Gasteiger partial charge in [0, 0.05) is 18.1 Å². The first-order valence-electron chi connectivity index (χ1n) is 9.56. The van der Waals surface area contributed by atoms with Crippen molar-refractivity contribution in [2.24, 2.45) is 0 Å². The molecule has 0 saturated carbocycles. The van der Waals surface area contributed by atoms with Crippen LogP contribution < -0.4 is 14.8 Å². The number of likely N-dealkylation sites (N-methyl/N-ethyl adjacent to an activating group) is 1. The Morgan fingerprint density at radius 1 is 1.03 bits per heavy atom. The number of methoxy groups -OCH3 is 1. The van der Waals surface area contributed by atoms with E-state index >= 15 is 0 Å². The SMILES string of the molecule is CCNC(=O)C(CC)N(Cc1ccc(OC)cc1)C(=O)COc1ccc(Cl)cc1. The number of nitrogens with zero attached hydrogens (tertiary/aromatic N) is 1. The first kappa shape index (κ1) is 22.6. The summed E-state index contributed by atoms with van der Waals surface area (Å²) in [5.74, 6) is 0.823. The van der Waals surface area contributed by atoms with Gasteiger partial charge in [0.2, 0.25) is 5.91 Å². The number of hydrogen-bond donors (Lipinski definition) is 1. The van der Waals surface area contributed by atoms with Gasteiger partial charge in [-0.1, -0.05) is 30.7 Å². The minimum atomic E-state index is -0.585. The van der Waals surface area contributed by atoms with Crippen molar-refractivity contribution in [2.75, 3.05) is 20.3 Å². The number of rotatable bonds is 10. The maximum absolute atomic E-state index is 13.0. The molecular weight excluding hydrogens is 392 g/mol. The van der Waals surface area contributed by atoms with Gasteiger partial charge in [-0.15, -0.1) is 0 Å². The van der Waals surface area contributed by atoms with Crippen LogP contribution in [0.5, 0.6) is 11.5 Å².